The largest absolute Gasteiger partial charge is 0.511 e. The van der Waals surface area contributed by atoms with Crippen molar-refractivity contribution in [2.45, 2.75) is 13.8 Å². The number of esters is 1. The number of ether oxygens (including phenoxy) is 1. The number of rotatable bonds is 5. The van der Waals surface area contributed by atoms with Gasteiger partial charge in [-0.3, -0.25) is 0 Å². The summed E-state index contributed by atoms with van der Waals surface area (Å²) in [7, 11) is 0. The summed E-state index contributed by atoms with van der Waals surface area (Å²) in [5.41, 5.74) is 2.13. The number of hydrogen-bond donors (Lipinski definition) is 1. The Morgan fingerprint density at radius 3 is 2.38 bits per heavy atom. The summed E-state index contributed by atoms with van der Waals surface area (Å²) in [6.07, 6.45) is 3.13. The van der Waals surface area contributed by atoms with Gasteiger partial charge in [0.05, 0.1) is 17.7 Å². The number of aliphatic hydroxyl groups excluding tert-OH is 1. The summed E-state index contributed by atoms with van der Waals surface area (Å²) in [6.45, 7) is 7.41. The standard InChI is InChI=1S/C17H17NO3/c1-4-21-17(20)15-9-7-14(8-10-15)12(2)5-6-16(11-18)13(3)19/h5-10,19H,2,4H2,1,3H3/b6-5-,16-13-. The first-order chi connectivity index (χ1) is 9.99. The Morgan fingerprint density at radius 1 is 1.33 bits per heavy atom. The van der Waals surface area contributed by atoms with Crippen molar-refractivity contribution in [3.8, 4) is 6.07 Å². The lowest BCUT2D eigenvalue weighted by Gasteiger charge is -2.04. The third-order valence-corrected chi connectivity index (χ3v) is 2.73. The first-order valence-corrected chi connectivity index (χ1v) is 6.44. The van der Waals surface area contributed by atoms with Crippen molar-refractivity contribution >= 4 is 11.5 Å². The molecule has 0 spiro atoms. The maximum absolute atomic E-state index is 11.5. The number of hydrogen-bond acceptors (Lipinski definition) is 4. The fourth-order valence-electron chi connectivity index (χ4n) is 1.55. The van der Waals surface area contributed by atoms with E-state index in [2.05, 4.69) is 6.58 Å². The Kier molecular flexibility index (Phi) is 5.97. The van der Waals surface area contributed by atoms with Gasteiger partial charge in [-0.05, 0) is 43.2 Å². The molecule has 1 N–H and O–H groups in total. The number of nitrogens with zero attached hydrogens (tertiary/aromatic N) is 1. The van der Waals surface area contributed by atoms with Crippen LogP contribution in [0.5, 0.6) is 0 Å². The van der Waals surface area contributed by atoms with Crippen molar-refractivity contribution in [2.75, 3.05) is 6.61 Å². The lowest BCUT2D eigenvalue weighted by molar-refractivity contribution is 0.0526. The highest BCUT2D eigenvalue weighted by molar-refractivity contribution is 5.90. The zero-order chi connectivity index (χ0) is 15.8. The van der Waals surface area contributed by atoms with Crippen LogP contribution in [0.1, 0.15) is 29.8 Å². The number of benzene rings is 1. The molecule has 0 radical (unpaired) electrons. The van der Waals surface area contributed by atoms with Crippen molar-refractivity contribution in [3.63, 3.8) is 0 Å². The zero-order valence-electron chi connectivity index (χ0n) is 12.1. The zero-order valence-corrected chi connectivity index (χ0v) is 12.1. The first-order valence-electron chi connectivity index (χ1n) is 6.44. The van der Waals surface area contributed by atoms with Gasteiger partial charge in [-0.15, -0.1) is 0 Å². The Labute approximate surface area is 124 Å². The van der Waals surface area contributed by atoms with E-state index in [0.29, 0.717) is 17.7 Å². The number of aliphatic hydroxyl groups is 1. The number of nitriles is 1. The second-order valence-electron chi connectivity index (χ2n) is 4.27. The molecule has 0 fully saturated rings. The molecule has 0 unspecified atom stereocenters. The van der Waals surface area contributed by atoms with E-state index >= 15 is 0 Å². The van der Waals surface area contributed by atoms with E-state index in [1.165, 1.54) is 13.0 Å². The summed E-state index contributed by atoms with van der Waals surface area (Å²) in [6, 6.07) is 8.70. The van der Waals surface area contributed by atoms with Crippen LogP contribution >= 0.6 is 0 Å². The SMILES string of the molecule is C=C(/C=C\C(C#N)=C(/C)O)c1ccc(C(=O)OCC)cc1. The third-order valence-electron chi connectivity index (χ3n) is 2.73. The Hall–Kier alpha value is -2.80. The van der Waals surface area contributed by atoms with Gasteiger partial charge in [-0.1, -0.05) is 24.8 Å². The maximum atomic E-state index is 11.5. The van der Waals surface area contributed by atoms with Crippen molar-refractivity contribution in [2.24, 2.45) is 0 Å². The molecule has 4 heteroatoms. The lowest BCUT2D eigenvalue weighted by atomic mass is 10.0. The molecule has 4 nitrogen and oxygen atoms in total. The van der Waals surface area contributed by atoms with E-state index in [4.69, 9.17) is 10.00 Å². The van der Waals surface area contributed by atoms with Crippen molar-refractivity contribution < 1.29 is 14.6 Å². The van der Waals surface area contributed by atoms with Crippen molar-refractivity contribution in [1.82, 2.24) is 0 Å². The summed E-state index contributed by atoms with van der Waals surface area (Å²) < 4.78 is 4.90. The molecule has 0 heterocycles. The van der Waals surface area contributed by atoms with Crippen LogP contribution in [0, 0.1) is 11.3 Å². The predicted octanol–water partition coefficient (Wildman–Crippen LogP) is 3.79. The van der Waals surface area contributed by atoms with Gasteiger partial charge in [0, 0.05) is 0 Å². The molecule has 1 rings (SSSR count). The number of allylic oxidation sites excluding steroid dienone is 5. The smallest absolute Gasteiger partial charge is 0.338 e. The fraction of sp³-hybridized carbons (Fsp3) is 0.176. The molecule has 0 aliphatic heterocycles. The number of carbonyl (C=O) groups is 1. The van der Waals surface area contributed by atoms with Crippen LogP contribution < -0.4 is 0 Å². The molecule has 0 aliphatic carbocycles. The van der Waals surface area contributed by atoms with Gasteiger partial charge in [-0.25, -0.2) is 4.79 Å². The van der Waals surface area contributed by atoms with Crippen LogP contribution in [0.2, 0.25) is 0 Å². The topological polar surface area (TPSA) is 70.3 Å². The van der Waals surface area contributed by atoms with E-state index in [9.17, 15) is 9.90 Å². The highest BCUT2D eigenvalue weighted by Gasteiger charge is 2.06. The quantitative estimate of drug-likeness (QED) is 0.386. The van der Waals surface area contributed by atoms with Crippen LogP contribution in [-0.4, -0.2) is 17.7 Å². The molecule has 1 aromatic rings. The van der Waals surface area contributed by atoms with Gasteiger partial charge < -0.3 is 9.84 Å². The molecule has 1 aromatic carbocycles. The molecule has 0 saturated carbocycles. The van der Waals surface area contributed by atoms with E-state index in [1.54, 1.807) is 37.3 Å². The second kappa shape index (κ2) is 7.71. The Balaban J connectivity index is 2.86. The number of carbonyl (C=O) groups excluding carboxylic acids is 1. The van der Waals surface area contributed by atoms with Crippen LogP contribution in [0.4, 0.5) is 0 Å². The normalized spacial score (nSPS) is 11.7. The molecule has 0 amide bonds. The highest BCUT2D eigenvalue weighted by Crippen LogP contribution is 2.16. The fourth-order valence-corrected chi connectivity index (χ4v) is 1.55. The van der Waals surface area contributed by atoms with Gasteiger partial charge in [0.2, 0.25) is 0 Å². The van der Waals surface area contributed by atoms with Crippen LogP contribution in [0.15, 0.2) is 54.3 Å². The summed E-state index contributed by atoms with van der Waals surface area (Å²) in [5.74, 6) is -0.407. The van der Waals surface area contributed by atoms with E-state index in [-0.39, 0.29) is 17.3 Å². The molecule has 0 atom stereocenters. The van der Waals surface area contributed by atoms with Crippen molar-refractivity contribution in [3.05, 3.63) is 65.5 Å². The van der Waals surface area contributed by atoms with Crippen LogP contribution in [0.3, 0.4) is 0 Å². The first kappa shape index (κ1) is 16.3. The van der Waals surface area contributed by atoms with Crippen molar-refractivity contribution in [1.29, 1.82) is 5.26 Å². The van der Waals surface area contributed by atoms with Gasteiger partial charge in [0.15, 0.2) is 0 Å². The summed E-state index contributed by atoms with van der Waals surface area (Å²) in [4.78, 5) is 11.5. The molecule has 21 heavy (non-hydrogen) atoms. The predicted molar refractivity (Wildman–Crippen MR) is 81.5 cm³/mol. The van der Waals surface area contributed by atoms with E-state index < -0.39 is 0 Å². The van der Waals surface area contributed by atoms with Gasteiger partial charge >= 0.3 is 5.97 Å². The second-order valence-corrected chi connectivity index (χ2v) is 4.27. The minimum atomic E-state index is -0.365. The molecule has 0 saturated heterocycles. The Morgan fingerprint density at radius 2 is 1.90 bits per heavy atom. The molecule has 108 valence electrons. The highest BCUT2D eigenvalue weighted by atomic mass is 16.5. The lowest BCUT2D eigenvalue weighted by Crippen LogP contribution is -2.04. The maximum Gasteiger partial charge on any atom is 0.338 e. The van der Waals surface area contributed by atoms with Gasteiger partial charge in [0.1, 0.15) is 11.8 Å². The van der Waals surface area contributed by atoms with Crippen LogP contribution in [-0.2, 0) is 4.74 Å². The van der Waals surface area contributed by atoms with E-state index in [0.717, 1.165) is 5.56 Å². The molecule has 0 aromatic heterocycles. The van der Waals surface area contributed by atoms with Gasteiger partial charge in [0.25, 0.3) is 0 Å². The Bertz CT molecular complexity index is 627. The molecule has 0 aliphatic rings. The molecular weight excluding hydrogens is 266 g/mol. The van der Waals surface area contributed by atoms with Gasteiger partial charge in [-0.2, -0.15) is 5.26 Å². The minimum Gasteiger partial charge on any atom is -0.511 e. The van der Waals surface area contributed by atoms with E-state index in [1.807, 2.05) is 6.07 Å². The average molecular weight is 283 g/mol. The molecular formula is C17H17NO3. The van der Waals surface area contributed by atoms with Crippen LogP contribution in [0.25, 0.3) is 5.57 Å². The molecule has 0 bridgehead atoms. The third kappa shape index (κ3) is 4.66. The summed E-state index contributed by atoms with van der Waals surface area (Å²) in [5, 5.41) is 18.1. The average Bonchev–Trinajstić information content (AvgIpc) is 2.47. The minimum absolute atomic E-state index is 0.0424. The monoisotopic (exact) mass is 283 g/mol. The summed E-state index contributed by atoms with van der Waals surface area (Å²) >= 11 is 0.